The van der Waals surface area contributed by atoms with E-state index < -0.39 is 27.9 Å². The SMILES string of the molecule is CS(=O)(=O)Nc1ccc(NC(=O)NCc2cc(C(F)(F)F)nn2-c2cccc(Cl)c2)cn1. The van der Waals surface area contributed by atoms with Crippen LogP contribution in [0.4, 0.5) is 29.5 Å². The van der Waals surface area contributed by atoms with Gasteiger partial charge >= 0.3 is 12.2 Å². The van der Waals surface area contributed by atoms with Crippen molar-refractivity contribution in [3.63, 3.8) is 0 Å². The second-order valence-corrected chi connectivity index (χ2v) is 8.71. The normalized spacial score (nSPS) is 11.8. The number of alkyl halides is 3. The number of carbonyl (C=O) groups is 1. The predicted molar refractivity (Wildman–Crippen MR) is 112 cm³/mol. The number of aromatic nitrogens is 3. The number of rotatable bonds is 6. The molecule has 0 aliphatic rings. The van der Waals surface area contributed by atoms with E-state index in [4.69, 9.17) is 11.6 Å². The first-order valence-electron chi connectivity index (χ1n) is 8.81. The van der Waals surface area contributed by atoms with Gasteiger partial charge in [0.2, 0.25) is 10.0 Å². The highest BCUT2D eigenvalue weighted by Crippen LogP contribution is 2.30. The van der Waals surface area contributed by atoms with Crippen molar-refractivity contribution < 1.29 is 26.4 Å². The lowest BCUT2D eigenvalue weighted by molar-refractivity contribution is -0.141. The van der Waals surface area contributed by atoms with Crippen LogP contribution < -0.4 is 15.4 Å². The lowest BCUT2D eigenvalue weighted by Crippen LogP contribution is -2.29. The molecule has 0 spiro atoms. The van der Waals surface area contributed by atoms with Gasteiger partial charge in [-0.25, -0.2) is 22.9 Å². The summed E-state index contributed by atoms with van der Waals surface area (Å²) < 4.78 is 65.0. The first-order valence-corrected chi connectivity index (χ1v) is 11.1. The Morgan fingerprint density at radius 3 is 2.53 bits per heavy atom. The maximum Gasteiger partial charge on any atom is 0.435 e. The fraction of sp³-hybridized carbons (Fsp3) is 0.167. The molecule has 0 aliphatic heterocycles. The molecular weight excluding hydrogens is 473 g/mol. The Morgan fingerprint density at radius 2 is 1.94 bits per heavy atom. The van der Waals surface area contributed by atoms with Crippen molar-refractivity contribution in [2.75, 3.05) is 16.3 Å². The summed E-state index contributed by atoms with van der Waals surface area (Å²) in [6, 6.07) is 8.94. The lowest BCUT2D eigenvalue weighted by Gasteiger charge is -2.10. The van der Waals surface area contributed by atoms with Crippen molar-refractivity contribution in [1.29, 1.82) is 0 Å². The van der Waals surface area contributed by atoms with Crippen molar-refractivity contribution in [1.82, 2.24) is 20.1 Å². The number of sulfonamides is 1. The van der Waals surface area contributed by atoms with Crippen LogP contribution in [0.25, 0.3) is 5.69 Å². The Morgan fingerprint density at radius 1 is 1.19 bits per heavy atom. The summed E-state index contributed by atoms with van der Waals surface area (Å²) in [6.45, 7) is -0.275. The van der Waals surface area contributed by atoms with E-state index in [2.05, 4.69) is 25.4 Å². The topological polar surface area (TPSA) is 118 Å². The number of urea groups is 1. The summed E-state index contributed by atoms with van der Waals surface area (Å²) in [5.74, 6) is 0.0589. The summed E-state index contributed by atoms with van der Waals surface area (Å²) in [6.07, 6.45) is -2.49. The van der Waals surface area contributed by atoms with Gasteiger partial charge in [0.15, 0.2) is 5.69 Å². The average Bonchev–Trinajstić information content (AvgIpc) is 3.12. The lowest BCUT2D eigenvalue weighted by atomic mass is 10.3. The number of hydrogen-bond acceptors (Lipinski definition) is 5. The van der Waals surface area contributed by atoms with E-state index in [0.717, 1.165) is 17.0 Å². The first kappa shape index (κ1) is 23.3. The number of halogens is 4. The van der Waals surface area contributed by atoms with Gasteiger partial charge in [-0.15, -0.1) is 0 Å². The molecule has 2 heterocycles. The van der Waals surface area contributed by atoms with Crippen molar-refractivity contribution in [2.24, 2.45) is 0 Å². The molecule has 3 rings (SSSR count). The van der Waals surface area contributed by atoms with E-state index in [9.17, 15) is 26.4 Å². The average molecular weight is 489 g/mol. The third-order valence-corrected chi connectivity index (χ3v) is 4.68. The molecule has 3 aromatic rings. The van der Waals surface area contributed by atoms with Crippen LogP contribution in [0.15, 0.2) is 48.7 Å². The maximum atomic E-state index is 13.1. The molecule has 32 heavy (non-hydrogen) atoms. The Bertz CT molecular complexity index is 1230. The molecule has 2 amide bonds. The highest BCUT2D eigenvalue weighted by Gasteiger charge is 2.35. The van der Waals surface area contributed by atoms with E-state index in [1.54, 1.807) is 12.1 Å². The second-order valence-electron chi connectivity index (χ2n) is 6.52. The Kier molecular flexibility index (Phi) is 6.60. The van der Waals surface area contributed by atoms with Crippen molar-refractivity contribution in [3.05, 3.63) is 65.1 Å². The zero-order chi connectivity index (χ0) is 23.5. The molecule has 9 nitrogen and oxygen atoms in total. The molecule has 0 aliphatic carbocycles. The Hall–Kier alpha value is -3.32. The fourth-order valence-corrected chi connectivity index (χ4v) is 3.27. The number of anilines is 2. The van der Waals surface area contributed by atoms with Crippen LogP contribution in [0.5, 0.6) is 0 Å². The Labute approximate surface area is 185 Å². The molecule has 3 N–H and O–H groups in total. The van der Waals surface area contributed by atoms with Gasteiger partial charge < -0.3 is 10.6 Å². The van der Waals surface area contributed by atoms with Gasteiger partial charge in [0.05, 0.1) is 36.1 Å². The van der Waals surface area contributed by atoms with Crippen molar-refractivity contribution in [3.8, 4) is 5.69 Å². The monoisotopic (exact) mass is 488 g/mol. The minimum atomic E-state index is -4.67. The zero-order valence-corrected chi connectivity index (χ0v) is 17.9. The van der Waals surface area contributed by atoms with Crippen LogP contribution in [0, 0.1) is 0 Å². The van der Waals surface area contributed by atoms with E-state index in [1.807, 2.05) is 0 Å². The molecule has 2 aromatic heterocycles. The molecule has 14 heteroatoms. The third-order valence-electron chi connectivity index (χ3n) is 3.87. The van der Waals surface area contributed by atoms with Gasteiger partial charge in [-0.05, 0) is 36.4 Å². The quantitative estimate of drug-likeness (QED) is 0.489. The highest BCUT2D eigenvalue weighted by molar-refractivity contribution is 7.92. The molecule has 0 atom stereocenters. The minimum absolute atomic E-state index is 0.0589. The van der Waals surface area contributed by atoms with Gasteiger partial charge in [-0.1, -0.05) is 17.7 Å². The maximum absolute atomic E-state index is 13.1. The molecule has 0 radical (unpaired) electrons. The summed E-state index contributed by atoms with van der Waals surface area (Å²) in [5.41, 5.74) is -0.516. The van der Waals surface area contributed by atoms with Gasteiger partial charge in [-0.2, -0.15) is 18.3 Å². The third kappa shape index (κ3) is 6.34. The molecule has 0 unspecified atom stereocenters. The summed E-state index contributed by atoms with van der Waals surface area (Å²) in [5, 5.41) is 8.78. The standard InChI is InChI=1S/C18H16ClF3N6O3S/c1-32(30,31)27-16-6-5-12(9-23-16)25-17(29)24-10-14-8-15(18(20,21)22)26-28(14)13-4-2-3-11(19)7-13/h2-9H,10H2,1H3,(H,23,27)(H2,24,25,29). The molecule has 0 saturated heterocycles. The number of nitrogens with zero attached hydrogens (tertiary/aromatic N) is 3. The fourth-order valence-electron chi connectivity index (χ4n) is 2.58. The van der Waals surface area contributed by atoms with Gasteiger partial charge in [0, 0.05) is 5.02 Å². The number of pyridine rings is 1. The van der Waals surface area contributed by atoms with Crippen LogP contribution in [0.3, 0.4) is 0 Å². The number of hydrogen-bond donors (Lipinski definition) is 3. The van der Waals surface area contributed by atoms with Crippen LogP contribution in [0.1, 0.15) is 11.4 Å². The highest BCUT2D eigenvalue weighted by atomic mass is 35.5. The molecule has 0 fully saturated rings. The van der Waals surface area contributed by atoms with E-state index in [1.165, 1.54) is 30.5 Å². The summed E-state index contributed by atoms with van der Waals surface area (Å²) in [4.78, 5) is 16.0. The number of nitrogens with one attached hydrogen (secondary N) is 3. The van der Waals surface area contributed by atoms with Crippen LogP contribution in [0.2, 0.25) is 5.02 Å². The second kappa shape index (κ2) is 9.04. The Balaban J connectivity index is 1.72. The molecular formula is C18H16ClF3N6O3S. The molecule has 0 bridgehead atoms. The van der Waals surface area contributed by atoms with Crippen LogP contribution in [-0.2, 0) is 22.7 Å². The first-order chi connectivity index (χ1) is 14.9. The van der Waals surface area contributed by atoms with Gasteiger partial charge in [0.1, 0.15) is 5.82 Å². The van der Waals surface area contributed by atoms with Crippen molar-refractivity contribution >= 4 is 39.2 Å². The van der Waals surface area contributed by atoms with Gasteiger partial charge in [-0.3, -0.25) is 4.72 Å². The summed E-state index contributed by atoms with van der Waals surface area (Å²) >= 11 is 5.92. The number of benzene rings is 1. The van der Waals surface area contributed by atoms with Gasteiger partial charge in [0.25, 0.3) is 0 Å². The minimum Gasteiger partial charge on any atom is -0.332 e. The predicted octanol–water partition coefficient (Wildman–Crippen LogP) is 3.63. The number of carbonyl (C=O) groups excluding carboxylic acids is 1. The van der Waals surface area contributed by atoms with E-state index in [-0.39, 0.29) is 23.7 Å². The molecule has 1 aromatic carbocycles. The van der Waals surface area contributed by atoms with Crippen LogP contribution >= 0.6 is 11.6 Å². The largest absolute Gasteiger partial charge is 0.435 e. The van der Waals surface area contributed by atoms with Crippen molar-refractivity contribution in [2.45, 2.75) is 12.7 Å². The molecule has 0 saturated carbocycles. The summed E-state index contributed by atoms with van der Waals surface area (Å²) in [7, 11) is -3.50. The smallest absolute Gasteiger partial charge is 0.332 e. The van der Waals surface area contributed by atoms with E-state index in [0.29, 0.717) is 10.7 Å². The zero-order valence-electron chi connectivity index (χ0n) is 16.3. The van der Waals surface area contributed by atoms with Crippen LogP contribution in [-0.4, -0.2) is 35.5 Å². The number of amides is 2. The molecule has 170 valence electrons. The van der Waals surface area contributed by atoms with E-state index >= 15 is 0 Å².